The van der Waals surface area contributed by atoms with Gasteiger partial charge in [0, 0.05) is 29.6 Å². The molecule has 0 saturated carbocycles. The molecule has 2 aromatic carbocycles. The highest BCUT2D eigenvalue weighted by atomic mass is 32.1. The van der Waals surface area contributed by atoms with E-state index in [9.17, 15) is 9.59 Å². The minimum atomic E-state index is -0.187. The van der Waals surface area contributed by atoms with E-state index in [0.29, 0.717) is 23.5 Å². The van der Waals surface area contributed by atoms with Gasteiger partial charge in [-0.2, -0.15) is 0 Å². The van der Waals surface area contributed by atoms with Gasteiger partial charge in [-0.25, -0.2) is 4.68 Å². The fourth-order valence-electron chi connectivity index (χ4n) is 3.58. The molecule has 4 N–H and O–H groups in total. The van der Waals surface area contributed by atoms with Gasteiger partial charge in [-0.15, -0.1) is 16.4 Å². The molecule has 0 bridgehead atoms. The van der Waals surface area contributed by atoms with Crippen molar-refractivity contribution in [2.45, 2.75) is 33.2 Å². The monoisotopic (exact) mass is 474 g/mol. The summed E-state index contributed by atoms with van der Waals surface area (Å²) in [5.74, 6) is -0.356. The lowest BCUT2D eigenvalue weighted by Gasteiger charge is -2.11. The van der Waals surface area contributed by atoms with Crippen LogP contribution in [-0.4, -0.2) is 26.8 Å². The molecule has 0 aliphatic rings. The topological polar surface area (TPSA) is 115 Å². The summed E-state index contributed by atoms with van der Waals surface area (Å²) in [5, 5.41) is 15.9. The highest BCUT2D eigenvalue weighted by Gasteiger charge is 2.12. The van der Waals surface area contributed by atoms with E-state index in [1.807, 2.05) is 61.7 Å². The molecule has 0 saturated heterocycles. The van der Waals surface area contributed by atoms with Gasteiger partial charge >= 0.3 is 0 Å². The van der Waals surface area contributed by atoms with Crippen LogP contribution in [0.25, 0.3) is 10.4 Å². The first-order valence-electron chi connectivity index (χ1n) is 10.9. The van der Waals surface area contributed by atoms with Gasteiger partial charge in [0.25, 0.3) is 0 Å². The van der Waals surface area contributed by atoms with Crippen LogP contribution in [0.2, 0.25) is 0 Å². The molecule has 8 nitrogen and oxygen atoms in total. The van der Waals surface area contributed by atoms with Gasteiger partial charge in [-0.3, -0.25) is 9.59 Å². The van der Waals surface area contributed by atoms with Crippen LogP contribution < -0.4 is 16.4 Å². The minimum absolute atomic E-state index is 0.0407. The van der Waals surface area contributed by atoms with E-state index in [0.717, 1.165) is 27.3 Å². The zero-order valence-corrected chi connectivity index (χ0v) is 19.9. The van der Waals surface area contributed by atoms with Crippen LogP contribution in [0.3, 0.4) is 0 Å². The Labute approximate surface area is 201 Å². The standard InChI is InChI=1S/C25H26N6O2S/c1-16-5-3-6-17(2)25(16)28-24(33)15-31-14-19(29-30-31)9-11-23(32)27-21-13-18(8-10-20(21)26)22-7-4-12-34-22/h3-8,10,12-14H,9,11,15,26H2,1-2H3,(H,27,32)(H,28,33). The Bertz CT molecular complexity index is 1290. The molecule has 0 aliphatic heterocycles. The minimum Gasteiger partial charge on any atom is -0.397 e. The molecule has 2 heterocycles. The Morgan fingerprint density at radius 2 is 1.82 bits per heavy atom. The lowest BCUT2D eigenvalue weighted by atomic mass is 10.1. The number of thiophene rings is 1. The molecule has 4 aromatic rings. The summed E-state index contributed by atoms with van der Waals surface area (Å²) < 4.78 is 1.47. The Morgan fingerprint density at radius 1 is 1.03 bits per heavy atom. The second-order valence-electron chi connectivity index (χ2n) is 8.05. The average molecular weight is 475 g/mol. The number of amides is 2. The molecule has 0 unspecified atom stereocenters. The molecular formula is C25H26N6O2S. The Hall–Kier alpha value is -3.98. The first kappa shape index (κ1) is 23.2. The first-order chi connectivity index (χ1) is 16.4. The van der Waals surface area contributed by atoms with Crippen molar-refractivity contribution in [3.63, 3.8) is 0 Å². The Balaban J connectivity index is 1.30. The molecule has 0 atom stereocenters. The predicted molar refractivity (Wildman–Crippen MR) is 136 cm³/mol. The van der Waals surface area contributed by atoms with Gasteiger partial charge in [0.05, 0.1) is 17.1 Å². The average Bonchev–Trinajstić information content (AvgIpc) is 3.49. The Kier molecular flexibility index (Phi) is 7.03. The molecule has 9 heteroatoms. The van der Waals surface area contributed by atoms with E-state index in [1.54, 1.807) is 23.6 Å². The molecule has 174 valence electrons. The maximum atomic E-state index is 12.5. The maximum absolute atomic E-state index is 12.5. The summed E-state index contributed by atoms with van der Waals surface area (Å²) >= 11 is 1.63. The molecule has 34 heavy (non-hydrogen) atoms. The van der Waals surface area contributed by atoms with Crippen LogP contribution >= 0.6 is 11.3 Å². The van der Waals surface area contributed by atoms with Crippen molar-refractivity contribution in [3.8, 4) is 10.4 Å². The number of hydrogen-bond acceptors (Lipinski definition) is 6. The zero-order valence-electron chi connectivity index (χ0n) is 19.0. The number of carbonyl (C=O) groups excluding carboxylic acids is 2. The largest absolute Gasteiger partial charge is 0.397 e. The normalized spacial score (nSPS) is 10.8. The van der Waals surface area contributed by atoms with Crippen molar-refractivity contribution in [2.24, 2.45) is 0 Å². The summed E-state index contributed by atoms with van der Waals surface area (Å²) in [6, 6.07) is 15.5. The lowest BCUT2D eigenvalue weighted by molar-refractivity contribution is -0.117. The number of nitrogen functional groups attached to an aromatic ring is 1. The number of carbonyl (C=O) groups is 2. The molecule has 0 spiro atoms. The molecule has 2 amide bonds. The van der Waals surface area contributed by atoms with Crippen LogP contribution in [-0.2, 0) is 22.6 Å². The van der Waals surface area contributed by atoms with E-state index < -0.39 is 0 Å². The van der Waals surface area contributed by atoms with Gasteiger partial charge in [0.15, 0.2) is 0 Å². The van der Waals surface area contributed by atoms with E-state index in [1.165, 1.54) is 4.68 Å². The number of nitrogens with zero attached hydrogens (tertiary/aromatic N) is 3. The second-order valence-corrected chi connectivity index (χ2v) is 9.00. The van der Waals surface area contributed by atoms with Gasteiger partial charge < -0.3 is 16.4 Å². The van der Waals surface area contributed by atoms with Gasteiger partial charge in [0.2, 0.25) is 11.8 Å². The van der Waals surface area contributed by atoms with Crippen molar-refractivity contribution in [1.82, 2.24) is 15.0 Å². The summed E-state index contributed by atoms with van der Waals surface area (Å²) in [6.07, 6.45) is 2.30. The number of nitrogens with one attached hydrogen (secondary N) is 2. The molecule has 4 rings (SSSR count). The molecule has 0 radical (unpaired) electrons. The lowest BCUT2D eigenvalue weighted by Crippen LogP contribution is -2.20. The van der Waals surface area contributed by atoms with Crippen molar-refractivity contribution in [3.05, 3.63) is 76.9 Å². The fourth-order valence-corrected chi connectivity index (χ4v) is 4.31. The predicted octanol–water partition coefficient (Wildman–Crippen LogP) is 4.42. The number of benzene rings is 2. The van der Waals surface area contributed by atoms with Gasteiger partial charge in [-0.1, -0.05) is 35.5 Å². The van der Waals surface area contributed by atoms with Crippen LogP contribution in [0, 0.1) is 13.8 Å². The van der Waals surface area contributed by atoms with Gasteiger partial charge in [0.1, 0.15) is 6.54 Å². The highest BCUT2D eigenvalue weighted by molar-refractivity contribution is 7.13. The smallest absolute Gasteiger partial charge is 0.246 e. The number of nitrogens with two attached hydrogens (primary N) is 1. The summed E-state index contributed by atoms with van der Waals surface area (Å²) in [6.45, 7) is 3.94. The highest BCUT2D eigenvalue weighted by Crippen LogP contribution is 2.30. The van der Waals surface area contributed by atoms with E-state index in [4.69, 9.17) is 5.73 Å². The number of anilines is 3. The summed E-state index contributed by atoms with van der Waals surface area (Å²) in [5.41, 5.74) is 11.6. The van der Waals surface area contributed by atoms with Crippen LogP contribution in [0.5, 0.6) is 0 Å². The maximum Gasteiger partial charge on any atom is 0.246 e. The van der Waals surface area contributed by atoms with Crippen molar-refractivity contribution < 1.29 is 9.59 Å². The number of aryl methyl sites for hydroxylation is 3. The number of hydrogen-bond donors (Lipinski definition) is 3. The van der Waals surface area contributed by atoms with E-state index in [-0.39, 0.29) is 24.8 Å². The quantitative estimate of drug-likeness (QED) is 0.327. The second kappa shape index (κ2) is 10.3. The van der Waals surface area contributed by atoms with E-state index >= 15 is 0 Å². The summed E-state index contributed by atoms with van der Waals surface area (Å²) in [7, 11) is 0. The molecular weight excluding hydrogens is 448 g/mol. The Morgan fingerprint density at radius 3 is 2.56 bits per heavy atom. The van der Waals surface area contributed by atoms with Crippen LogP contribution in [0.15, 0.2) is 60.1 Å². The van der Waals surface area contributed by atoms with Gasteiger partial charge in [-0.05, 0) is 54.1 Å². The zero-order chi connectivity index (χ0) is 24.1. The molecule has 0 fully saturated rings. The van der Waals surface area contributed by atoms with Crippen LogP contribution in [0.1, 0.15) is 23.2 Å². The number of rotatable bonds is 8. The number of para-hydroxylation sites is 1. The number of aromatic nitrogens is 3. The molecule has 0 aliphatic carbocycles. The fraction of sp³-hybridized carbons (Fsp3) is 0.200. The third-order valence-corrected chi connectivity index (χ3v) is 6.30. The summed E-state index contributed by atoms with van der Waals surface area (Å²) in [4.78, 5) is 26.0. The van der Waals surface area contributed by atoms with Crippen molar-refractivity contribution in [1.29, 1.82) is 0 Å². The molecule has 2 aromatic heterocycles. The third-order valence-electron chi connectivity index (χ3n) is 5.38. The third kappa shape index (κ3) is 5.68. The van der Waals surface area contributed by atoms with Crippen molar-refractivity contribution >= 4 is 40.2 Å². The van der Waals surface area contributed by atoms with E-state index in [2.05, 4.69) is 20.9 Å². The van der Waals surface area contributed by atoms with Crippen molar-refractivity contribution in [2.75, 3.05) is 16.4 Å². The SMILES string of the molecule is Cc1cccc(C)c1NC(=O)Cn1cc(CCC(=O)Nc2cc(-c3cccs3)ccc2N)nn1. The first-order valence-corrected chi connectivity index (χ1v) is 11.8. The van der Waals surface area contributed by atoms with Crippen LogP contribution in [0.4, 0.5) is 17.1 Å².